The van der Waals surface area contributed by atoms with E-state index in [2.05, 4.69) is 18.3 Å². The first-order valence-electron chi connectivity index (χ1n) is 5.23. The Labute approximate surface area is 94.4 Å². The van der Waals surface area contributed by atoms with Gasteiger partial charge in [0.15, 0.2) is 0 Å². The van der Waals surface area contributed by atoms with Crippen LogP contribution in [0.3, 0.4) is 0 Å². The standard InChI is InChI=1S/C12H15NOS/c1-8-7-9(2)15-11-6-4-3-5-10(11)13-12(8)14/h3-6,8-9H,7H2,1-2H3,(H,13,14). The molecule has 1 aromatic rings. The van der Waals surface area contributed by atoms with Crippen molar-refractivity contribution < 1.29 is 4.79 Å². The highest BCUT2D eigenvalue weighted by atomic mass is 32.2. The maximum Gasteiger partial charge on any atom is 0.227 e. The van der Waals surface area contributed by atoms with Crippen molar-refractivity contribution in [3.63, 3.8) is 0 Å². The van der Waals surface area contributed by atoms with Crippen LogP contribution in [0.15, 0.2) is 29.2 Å². The van der Waals surface area contributed by atoms with Gasteiger partial charge in [0.05, 0.1) is 5.69 Å². The normalized spacial score (nSPS) is 26.1. The molecule has 3 heteroatoms. The Bertz CT molecular complexity index is 378. The lowest BCUT2D eigenvalue weighted by atomic mass is 10.0. The van der Waals surface area contributed by atoms with Gasteiger partial charge in [-0.3, -0.25) is 4.79 Å². The summed E-state index contributed by atoms with van der Waals surface area (Å²) in [6.45, 7) is 4.16. The van der Waals surface area contributed by atoms with E-state index < -0.39 is 0 Å². The molecule has 0 aromatic heterocycles. The first kappa shape index (κ1) is 10.6. The van der Waals surface area contributed by atoms with E-state index in [1.165, 1.54) is 4.90 Å². The predicted molar refractivity (Wildman–Crippen MR) is 64.2 cm³/mol. The van der Waals surface area contributed by atoms with Gasteiger partial charge in [-0.2, -0.15) is 0 Å². The zero-order chi connectivity index (χ0) is 10.8. The molecule has 0 radical (unpaired) electrons. The monoisotopic (exact) mass is 221 g/mol. The number of carbonyl (C=O) groups excluding carboxylic acids is 1. The molecule has 0 aliphatic carbocycles. The molecule has 2 rings (SSSR count). The van der Waals surface area contributed by atoms with Crippen molar-refractivity contribution in [1.82, 2.24) is 0 Å². The molecule has 80 valence electrons. The Hall–Kier alpha value is -0.960. The predicted octanol–water partition coefficient (Wildman–Crippen LogP) is 3.15. The number of carbonyl (C=O) groups is 1. The van der Waals surface area contributed by atoms with E-state index in [1.807, 2.05) is 36.9 Å². The third-order valence-corrected chi connectivity index (χ3v) is 3.81. The number of hydrogen-bond donors (Lipinski definition) is 1. The van der Waals surface area contributed by atoms with Gasteiger partial charge in [0.2, 0.25) is 5.91 Å². The van der Waals surface area contributed by atoms with Crippen molar-refractivity contribution in [2.24, 2.45) is 5.92 Å². The number of anilines is 1. The van der Waals surface area contributed by atoms with Crippen LogP contribution in [0.5, 0.6) is 0 Å². The van der Waals surface area contributed by atoms with E-state index in [1.54, 1.807) is 0 Å². The molecule has 1 N–H and O–H groups in total. The largest absolute Gasteiger partial charge is 0.325 e. The fourth-order valence-electron chi connectivity index (χ4n) is 1.80. The highest BCUT2D eigenvalue weighted by Gasteiger charge is 2.21. The Morgan fingerprint density at radius 1 is 1.33 bits per heavy atom. The second kappa shape index (κ2) is 4.27. The van der Waals surface area contributed by atoms with E-state index >= 15 is 0 Å². The molecule has 2 atom stereocenters. The Balaban J connectivity index is 2.34. The summed E-state index contributed by atoms with van der Waals surface area (Å²) < 4.78 is 0. The molecule has 0 bridgehead atoms. The van der Waals surface area contributed by atoms with Crippen molar-refractivity contribution >= 4 is 23.4 Å². The van der Waals surface area contributed by atoms with E-state index in [0.29, 0.717) is 5.25 Å². The van der Waals surface area contributed by atoms with Crippen LogP contribution in [-0.4, -0.2) is 11.2 Å². The fourth-order valence-corrected chi connectivity index (χ4v) is 3.02. The SMILES string of the molecule is CC1CC(C)C(=O)Nc2ccccc2S1. The molecule has 0 saturated heterocycles. The molecule has 2 unspecified atom stereocenters. The minimum Gasteiger partial charge on any atom is -0.325 e. The van der Waals surface area contributed by atoms with Gasteiger partial charge in [0.1, 0.15) is 0 Å². The minimum atomic E-state index is 0.0980. The lowest BCUT2D eigenvalue weighted by Gasteiger charge is -2.22. The zero-order valence-electron chi connectivity index (χ0n) is 8.99. The maximum atomic E-state index is 11.8. The zero-order valence-corrected chi connectivity index (χ0v) is 9.80. The van der Waals surface area contributed by atoms with Gasteiger partial charge < -0.3 is 5.32 Å². The number of thioether (sulfide) groups is 1. The quantitative estimate of drug-likeness (QED) is 0.729. The number of benzene rings is 1. The molecule has 0 spiro atoms. The number of fused-ring (bicyclic) bond motifs is 1. The van der Waals surface area contributed by atoms with Crippen LogP contribution in [0, 0.1) is 5.92 Å². The molecule has 1 aromatic carbocycles. The summed E-state index contributed by atoms with van der Waals surface area (Å²) in [5.74, 6) is 0.232. The number of nitrogens with one attached hydrogen (secondary N) is 1. The van der Waals surface area contributed by atoms with Crippen LogP contribution in [0.2, 0.25) is 0 Å². The second-order valence-electron chi connectivity index (χ2n) is 4.05. The van der Waals surface area contributed by atoms with E-state index in [9.17, 15) is 4.79 Å². The van der Waals surface area contributed by atoms with Crippen molar-refractivity contribution in [2.75, 3.05) is 5.32 Å². The summed E-state index contributed by atoms with van der Waals surface area (Å²) in [6, 6.07) is 7.99. The molecule has 0 fully saturated rings. The molecule has 2 nitrogen and oxygen atoms in total. The van der Waals surface area contributed by atoms with Gasteiger partial charge in [-0.1, -0.05) is 26.0 Å². The van der Waals surface area contributed by atoms with Crippen molar-refractivity contribution in [3.8, 4) is 0 Å². The van der Waals surface area contributed by atoms with Crippen LogP contribution in [-0.2, 0) is 4.79 Å². The van der Waals surface area contributed by atoms with Gasteiger partial charge in [-0.25, -0.2) is 0 Å². The molecule has 15 heavy (non-hydrogen) atoms. The average Bonchev–Trinajstić information content (AvgIpc) is 2.19. The fraction of sp³-hybridized carbons (Fsp3) is 0.417. The number of para-hydroxylation sites is 1. The molecular formula is C12H15NOS. The van der Waals surface area contributed by atoms with Gasteiger partial charge in [-0.15, -0.1) is 11.8 Å². The van der Waals surface area contributed by atoms with Crippen molar-refractivity contribution in [2.45, 2.75) is 30.4 Å². The van der Waals surface area contributed by atoms with Crippen molar-refractivity contribution in [1.29, 1.82) is 0 Å². The molecule has 1 heterocycles. The summed E-state index contributed by atoms with van der Waals surface area (Å²) in [5, 5.41) is 3.47. The maximum absolute atomic E-state index is 11.8. The first-order valence-corrected chi connectivity index (χ1v) is 6.11. The number of rotatable bonds is 0. The first-order chi connectivity index (χ1) is 7.16. The molecule has 1 aliphatic heterocycles. The third-order valence-electron chi connectivity index (χ3n) is 2.61. The number of amides is 1. The highest BCUT2D eigenvalue weighted by Crippen LogP contribution is 2.35. The van der Waals surface area contributed by atoms with Crippen LogP contribution in [0.25, 0.3) is 0 Å². The van der Waals surface area contributed by atoms with E-state index in [-0.39, 0.29) is 11.8 Å². The summed E-state index contributed by atoms with van der Waals surface area (Å²) in [6.07, 6.45) is 0.935. The average molecular weight is 221 g/mol. The smallest absolute Gasteiger partial charge is 0.227 e. The van der Waals surface area contributed by atoms with Crippen molar-refractivity contribution in [3.05, 3.63) is 24.3 Å². The van der Waals surface area contributed by atoms with Crippen LogP contribution in [0.4, 0.5) is 5.69 Å². The number of hydrogen-bond acceptors (Lipinski definition) is 2. The van der Waals surface area contributed by atoms with Crippen LogP contribution < -0.4 is 5.32 Å². The molecule has 1 aliphatic rings. The van der Waals surface area contributed by atoms with Gasteiger partial charge in [0, 0.05) is 16.1 Å². The van der Waals surface area contributed by atoms with Gasteiger partial charge >= 0.3 is 0 Å². The molecule has 0 saturated carbocycles. The molecular weight excluding hydrogens is 206 g/mol. The Kier molecular flexibility index (Phi) is 3.00. The highest BCUT2D eigenvalue weighted by molar-refractivity contribution is 8.00. The summed E-state index contributed by atoms with van der Waals surface area (Å²) in [4.78, 5) is 12.9. The minimum absolute atomic E-state index is 0.0980. The summed E-state index contributed by atoms with van der Waals surface area (Å²) in [7, 11) is 0. The summed E-state index contributed by atoms with van der Waals surface area (Å²) in [5.41, 5.74) is 0.950. The Morgan fingerprint density at radius 3 is 2.87 bits per heavy atom. The lowest BCUT2D eigenvalue weighted by molar-refractivity contribution is -0.119. The van der Waals surface area contributed by atoms with Gasteiger partial charge in [-0.05, 0) is 18.6 Å². The second-order valence-corrected chi connectivity index (χ2v) is 5.53. The summed E-state index contributed by atoms with van der Waals surface area (Å²) >= 11 is 1.84. The topological polar surface area (TPSA) is 29.1 Å². The van der Waals surface area contributed by atoms with Gasteiger partial charge in [0.25, 0.3) is 0 Å². The lowest BCUT2D eigenvalue weighted by Crippen LogP contribution is -2.24. The Morgan fingerprint density at radius 2 is 2.07 bits per heavy atom. The van der Waals surface area contributed by atoms with E-state index in [4.69, 9.17) is 0 Å². The third kappa shape index (κ3) is 2.34. The van der Waals surface area contributed by atoms with Crippen LogP contribution in [0.1, 0.15) is 20.3 Å². The molecule has 1 amide bonds. The van der Waals surface area contributed by atoms with E-state index in [0.717, 1.165) is 12.1 Å². The van der Waals surface area contributed by atoms with Crippen LogP contribution >= 0.6 is 11.8 Å².